The maximum Gasteiger partial charge on any atom is 0.416 e. The lowest BCUT2D eigenvalue weighted by Gasteiger charge is -2.14. The number of carbonyl (C=O) groups excluding carboxylic acids is 1. The number of alkyl halides is 3. The molecule has 5 nitrogen and oxygen atoms in total. The molecular weight excluding hydrogens is 373 g/mol. The predicted molar refractivity (Wildman–Crippen MR) is 97.7 cm³/mol. The van der Waals surface area contributed by atoms with Crippen molar-refractivity contribution in [1.82, 2.24) is 4.57 Å². The number of nitrogens with one attached hydrogen (secondary N) is 1. The van der Waals surface area contributed by atoms with E-state index >= 15 is 0 Å². The lowest BCUT2D eigenvalue weighted by molar-refractivity contribution is -0.137. The Balaban J connectivity index is 1.81. The van der Waals surface area contributed by atoms with Crippen LogP contribution in [0.5, 0.6) is 5.75 Å². The summed E-state index contributed by atoms with van der Waals surface area (Å²) in [5.41, 5.74) is -0.748. The van der Waals surface area contributed by atoms with Crippen molar-refractivity contribution in [1.29, 1.82) is 0 Å². The van der Waals surface area contributed by atoms with Gasteiger partial charge in [0.25, 0.3) is 11.5 Å². The summed E-state index contributed by atoms with van der Waals surface area (Å²) in [7, 11) is 0. The van der Waals surface area contributed by atoms with Gasteiger partial charge in [-0.3, -0.25) is 9.59 Å². The smallest absolute Gasteiger partial charge is 0.416 e. The zero-order chi connectivity index (χ0) is 20.2. The van der Waals surface area contributed by atoms with Gasteiger partial charge in [-0.1, -0.05) is 18.2 Å². The molecule has 1 aliphatic rings. The van der Waals surface area contributed by atoms with E-state index in [0.717, 1.165) is 23.8 Å². The van der Waals surface area contributed by atoms with Crippen LogP contribution in [-0.4, -0.2) is 15.6 Å². The number of para-hydroxylation sites is 1. The van der Waals surface area contributed by atoms with Crippen LogP contribution in [0.25, 0.3) is 10.9 Å². The highest BCUT2D eigenvalue weighted by Gasteiger charge is 2.32. The molecule has 3 aromatic rings. The van der Waals surface area contributed by atoms with Crippen LogP contribution in [0.2, 0.25) is 0 Å². The Bertz CT molecular complexity index is 1180. The average Bonchev–Trinajstić information content (AvgIpc) is 2.96. The first-order chi connectivity index (χ1) is 13.2. The second kappa shape index (κ2) is 6.12. The maximum atomic E-state index is 12.9. The van der Waals surface area contributed by atoms with E-state index in [-0.39, 0.29) is 11.7 Å². The van der Waals surface area contributed by atoms with Crippen molar-refractivity contribution >= 4 is 22.5 Å². The van der Waals surface area contributed by atoms with Gasteiger partial charge in [0.1, 0.15) is 11.3 Å². The minimum absolute atomic E-state index is 0.123. The number of amides is 1. The molecule has 1 amide bonds. The summed E-state index contributed by atoms with van der Waals surface area (Å²) in [5, 5.41) is 13.2. The van der Waals surface area contributed by atoms with E-state index in [1.54, 1.807) is 12.1 Å². The van der Waals surface area contributed by atoms with Crippen molar-refractivity contribution in [3.63, 3.8) is 0 Å². The molecule has 1 aliphatic heterocycles. The fourth-order valence-corrected chi connectivity index (χ4v) is 3.69. The number of hydrogen-bond acceptors (Lipinski definition) is 3. The molecule has 0 saturated carbocycles. The van der Waals surface area contributed by atoms with E-state index in [4.69, 9.17) is 0 Å². The molecule has 0 radical (unpaired) electrons. The minimum atomic E-state index is -4.57. The third kappa shape index (κ3) is 2.72. The molecule has 0 bridgehead atoms. The summed E-state index contributed by atoms with van der Waals surface area (Å²) in [4.78, 5) is 25.6. The average molecular weight is 388 g/mol. The Kier molecular flexibility index (Phi) is 3.95. The molecule has 1 aromatic heterocycles. The predicted octanol–water partition coefficient (Wildman–Crippen LogP) is 4.10. The molecule has 8 heteroatoms. The summed E-state index contributed by atoms with van der Waals surface area (Å²) >= 11 is 0. The Morgan fingerprint density at radius 1 is 1.21 bits per heavy atom. The third-order valence-corrected chi connectivity index (χ3v) is 4.92. The number of hydrogen-bond donors (Lipinski definition) is 2. The molecule has 0 fully saturated rings. The van der Waals surface area contributed by atoms with Crippen LogP contribution in [0.15, 0.2) is 47.3 Å². The third-order valence-electron chi connectivity index (χ3n) is 4.92. The van der Waals surface area contributed by atoms with Crippen molar-refractivity contribution in [3.05, 3.63) is 69.5 Å². The molecule has 0 spiro atoms. The van der Waals surface area contributed by atoms with Crippen LogP contribution in [0.4, 0.5) is 18.9 Å². The Hall–Kier alpha value is -3.29. The van der Waals surface area contributed by atoms with E-state index < -0.39 is 34.5 Å². The van der Waals surface area contributed by atoms with E-state index in [1.807, 2.05) is 13.0 Å². The lowest BCUT2D eigenvalue weighted by atomic mass is 10.1. The summed E-state index contributed by atoms with van der Waals surface area (Å²) in [6.07, 6.45) is -3.98. The van der Waals surface area contributed by atoms with Gasteiger partial charge in [-0.15, -0.1) is 0 Å². The van der Waals surface area contributed by atoms with Gasteiger partial charge in [0.05, 0.1) is 11.1 Å². The summed E-state index contributed by atoms with van der Waals surface area (Å²) < 4.78 is 40.1. The van der Waals surface area contributed by atoms with E-state index in [9.17, 15) is 27.9 Å². The van der Waals surface area contributed by atoms with Crippen LogP contribution < -0.4 is 10.9 Å². The lowest BCUT2D eigenvalue weighted by Crippen LogP contribution is -2.30. The zero-order valence-electron chi connectivity index (χ0n) is 14.7. The van der Waals surface area contributed by atoms with Crippen molar-refractivity contribution in [3.8, 4) is 5.75 Å². The number of pyridine rings is 1. The van der Waals surface area contributed by atoms with Gasteiger partial charge in [0.15, 0.2) is 0 Å². The molecular formula is C20H15F3N2O3. The second-order valence-electron chi connectivity index (χ2n) is 6.80. The maximum absolute atomic E-state index is 12.9. The SMILES string of the molecule is C[C@H]1Cc2cccc3c(O)c(C(=O)Nc4cccc(C(F)(F)F)c4)c(=O)n1c23. The molecule has 0 unspecified atom stereocenters. The van der Waals surface area contributed by atoms with Gasteiger partial charge >= 0.3 is 6.18 Å². The van der Waals surface area contributed by atoms with Gasteiger partial charge in [-0.05, 0) is 43.2 Å². The number of halogens is 3. The monoisotopic (exact) mass is 388 g/mol. The largest absolute Gasteiger partial charge is 0.506 e. The standard InChI is InChI=1S/C20H15F3N2O3/c1-10-8-11-4-2-7-14-16(11)25(10)19(28)15(17(14)26)18(27)24-13-6-3-5-12(9-13)20(21,22)23/h2-7,9-10,26H,8H2,1H3,(H,24,27)/t10-/m0/s1. The van der Waals surface area contributed by atoms with Crippen molar-refractivity contribution in [2.75, 3.05) is 5.32 Å². The van der Waals surface area contributed by atoms with Crippen molar-refractivity contribution in [2.45, 2.75) is 25.6 Å². The Morgan fingerprint density at radius 3 is 2.64 bits per heavy atom. The number of aromatic hydroxyl groups is 1. The number of benzene rings is 2. The van der Waals surface area contributed by atoms with Gasteiger partial charge < -0.3 is 15.0 Å². The van der Waals surface area contributed by atoms with Gasteiger partial charge in [0, 0.05) is 17.1 Å². The second-order valence-corrected chi connectivity index (χ2v) is 6.80. The van der Waals surface area contributed by atoms with E-state index in [1.165, 1.54) is 10.6 Å². The van der Waals surface area contributed by atoms with Crippen LogP contribution in [0, 0.1) is 0 Å². The van der Waals surface area contributed by atoms with E-state index in [2.05, 4.69) is 5.32 Å². The summed E-state index contributed by atoms with van der Waals surface area (Å²) in [6.45, 7) is 1.83. The molecule has 1 atom stereocenters. The molecule has 0 aliphatic carbocycles. The number of rotatable bonds is 2. The summed E-state index contributed by atoms with van der Waals surface area (Å²) in [5.74, 6) is -1.44. The molecule has 2 N–H and O–H groups in total. The minimum Gasteiger partial charge on any atom is -0.506 e. The fraction of sp³-hybridized carbons (Fsp3) is 0.200. The first kappa shape index (κ1) is 18.1. The van der Waals surface area contributed by atoms with Crippen LogP contribution in [0.1, 0.15) is 34.5 Å². The zero-order valence-corrected chi connectivity index (χ0v) is 14.7. The number of anilines is 1. The van der Waals surface area contributed by atoms with Gasteiger partial charge in [-0.2, -0.15) is 13.2 Å². The molecule has 4 rings (SSSR count). The van der Waals surface area contributed by atoms with Gasteiger partial charge in [-0.25, -0.2) is 0 Å². The van der Waals surface area contributed by atoms with Crippen LogP contribution in [0.3, 0.4) is 0 Å². The molecule has 2 aromatic carbocycles. The van der Waals surface area contributed by atoms with E-state index in [0.29, 0.717) is 17.3 Å². The Labute approximate surface area is 157 Å². The highest BCUT2D eigenvalue weighted by molar-refractivity contribution is 6.09. The molecule has 28 heavy (non-hydrogen) atoms. The topological polar surface area (TPSA) is 71.3 Å². The van der Waals surface area contributed by atoms with Crippen LogP contribution >= 0.6 is 0 Å². The number of aromatic nitrogens is 1. The van der Waals surface area contributed by atoms with Crippen LogP contribution in [-0.2, 0) is 12.6 Å². The van der Waals surface area contributed by atoms with Crippen molar-refractivity contribution < 1.29 is 23.1 Å². The molecule has 144 valence electrons. The molecule has 0 saturated heterocycles. The summed E-state index contributed by atoms with van der Waals surface area (Å²) in [6, 6.07) is 9.05. The molecule has 2 heterocycles. The van der Waals surface area contributed by atoms with Crippen molar-refractivity contribution in [2.24, 2.45) is 0 Å². The first-order valence-electron chi connectivity index (χ1n) is 8.56. The fourth-order valence-electron chi connectivity index (χ4n) is 3.69. The number of nitrogens with zero attached hydrogens (tertiary/aromatic N) is 1. The first-order valence-corrected chi connectivity index (χ1v) is 8.56. The Morgan fingerprint density at radius 2 is 1.93 bits per heavy atom. The quantitative estimate of drug-likeness (QED) is 0.695. The van der Waals surface area contributed by atoms with Gasteiger partial charge in [0.2, 0.25) is 0 Å². The normalized spacial score (nSPS) is 15.8. The highest BCUT2D eigenvalue weighted by atomic mass is 19.4. The number of carbonyl (C=O) groups is 1. The highest BCUT2D eigenvalue weighted by Crippen LogP contribution is 2.36.